The molecule has 0 spiro atoms. The van der Waals surface area contributed by atoms with Gasteiger partial charge >= 0.3 is 0 Å². The summed E-state index contributed by atoms with van der Waals surface area (Å²) >= 11 is 5.66. The molecule has 74 valence electrons. The summed E-state index contributed by atoms with van der Waals surface area (Å²) in [7, 11) is 0. The molecule has 0 bridgehead atoms. The van der Waals surface area contributed by atoms with Crippen molar-refractivity contribution in [2.45, 2.75) is 0 Å². The molecular weight excluding hydrogens is 228 g/mol. The lowest BCUT2D eigenvalue weighted by Crippen LogP contribution is -2.23. The first-order chi connectivity index (χ1) is 7.67. The van der Waals surface area contributed by atoms with Gasteiger partial charge in [-0.1, -0.05) is 11.6 Å². The Kier molecular flexibility index (Phi) is 3.26. The number of allylic oxidation sites excluding steroid dienone is 4. The van der Waals surface area contributed by atoms with E-state index in [1.165, 1.54) is 0 Å². The molecule has 16 heavy (non-hydrogen) atoms. The molecule has 0 atom stereocenters. The van der Waals surface area contributed by atoms with Crippen molar-refractivity contribution in [1.82, 2.24) is 5.32 Å². The van der Waals surface area contributed by atoms with Crippen LogP contribution in [0.4, 0.5) is 0 Å². The molecular formula is C9HClN6. The normalized spacial score (nSPS) is 13.6. The number of rotatable bonds is 0. The molecule has 1 N–H and O–H groups in total. The highest BCUT2D eigenvalue weighted by atomic mass is 35.5. The van der Waals surface area contributed by atoms with E-state index in [0.717, 1.165) is 0 Å². The molecule has 0 radical (unpaired) electrons. The maximum Gasteiger partial charge on any atom is 0.176 e. The summed E-state index contributed by atoms with van der Waals surface area (Å²) in [6, 6.07) is 6.56. The molecule has 0 unspecified atom stereocenters. The van der Waals surface area contributed by atoms with E-state index in [4.69, 9.17) is 32.6 Å². The first kappa shape index (κ1) is 11.3. The quantitative estimate of drug-likeness (QED) is 0.615. The first-order valence-electron chi connectivity index (χ1n) is 3.78. The Morgan fingerprint density at radius 3 is 2.19 bits per heavy atom. The predicted molar refractivity (Wildman–Crippen MR) is 52.9 cm³/mol. The van der Waals surface area contributed by atoms with E-state index in [-0.39, 0.29) is 27.8 Å². The van der Waals surface area contributed by atoms with Crippen LogP contribution in [0.15, 0.2) is 27.7 Å². The number of hydrogen-bond acceptors (Lipinski definition) is 6. The van der Waals surface area contributed by atoms with Crippen LogP contribution in [-0.2, 0) is 0 Å². The second-order valence-corrected chi connectivity index (χ2v) is 2.81. The number of nitrogens with zero attached hydrogens (tertiary/aromatic N) is 5. The lowest BCUT2D eigenvalue weighted by atomic mass is 10.2. The average molecular weight is 229 g/mol. The van der Waals surface area contributed by atoms with Crippen LogP contribution < -0.4 is 5.32 Å². The summed E-state index contributed by atoms with van der Waals surface area (Å²) < 4.78 is 0. The van der Waals surface area contributed by atoms with Gasteiger partial charge in [-0.15, -0.1) is 0 Å². The van der Waals surface area contributed by atoms with Crippen LogP contribution in [0, 0.1) is 45.3 Å². The van der Waals surface area contributed by atoms with Crippen LogP contribution in [-0.4, -0.2) is 5.17 Å². The molecule has 0 fully saturated rings. The van der Waals surface area contributed by atoms with Crippen LogP contribution in [0.1, 0.15) is 0 Å². The summed E-state index contributed by atoms with van der Waals surface area (Å²) in [6.45, 7) is 0. The molecule has 1 heterocycles. The van der Waals surface area contributed by atoms with Gasteiger partial charge in [0.25, 0.3) is 0 Å². The van der Waals surface area contributed by atoms with Gasteiger partial charge in [0.1, 0.15) is 30.0 Å². The van der Waals surface area contributed by atoms with Crippen LogP contribution in [0.3, 0.4) is 0 Å². The van der Waals surface area contributed by atoms with E-state index in [0.29, 0.717) is 0 Å². The van der Waals surface area contributed by atoms with E-state index >= 15 is 0 Å². The van der Waals surface area contributed by atoms with Crippen molar-refractivity contribution in [1.29, 1.82) is 21.0 Å². The standard InChI is InChI=1S/C9HClN6/c10-9-8(5(1-11)2-12)15-6(3-13)7(4-14)16-9/h15H. The second-order valence-electron chi connectivity index (χ2n) is 2.45. The zero-order valence-electron chi connectivity index (χ0n) is 7.61. The van der Waals surface area contributed by atoms with Gasteiger partial charge in [0.15, 0.2) is 22.1 Å². The fourth-order valence-corrected chi connectivity index (χ4v) is 1.14. The lowest BCUT2D eigenvalue weighted by Gasteiger charge is -2.13. The fourth-order valence-electron chi connectivity index (χ4n) is 0.910. The van der Waals surface area contributed by atoms with Crippen molar-refractivity contribution in [3.05, 3.63) is 22.7 Å². The number of nitriles is 4. The predicted octanol–water partition coefficient (Wildman–Crippen LogP) is 0.787. The van der Waals surface area contributed by atoms with Crippen molar-refractivity contribution in [2.75, 3.05) is 0 Å². The SMILES string of the molecule is N#CC(C#N)=C1NC(C#N)=C(C#N)N=C1Cl. The van der Waals surface area contributed by atoms with Crippen molar-refractivity contribution in [3.63, 3.8) is 0 Å². The third-order valence-electron chi connectivity index (χ3n) is 1.59. The Balaban J connectivity index is 3.41. The van der Waals surface area contributed by atoms with Gasteiger partial charge in [0.05, 0.1) is 0 Å². The van der Waals surface area contributed by atoms with Crippen molar-refractivity contribution in [2.24, 2.45) is 4.99 Å². The van der Waals surface area contributed by atoms with Gasteiger partial charge in [-0.25, -0.2) is 4.99 Å². The summed E-state index contributed by atoms with van der Waals surface area (Å²) in [5.41, 5.74) is -0.711. The first-order valence-corrected chi connectivity index (χ1v) is 4.16. The summed E-state index contributed by atoms with van der Waals surface area (Å²) in [5, 5.41) is 36.8. The molecule has 0 aromatic carbocycles. The molecule has 1 rings (SSSR count). The minimum atomic E-state index is -0.307. The highest BCUT2D eigenvalue weighted by Crippen LogP contribution is 2.17. The Labute approximate surface area is 95.6 Å². The number of aliphatic imine (C=N–C) groups is 1. The molecule has 0 amide bonds. The molecule has 0 saturated carbocycles. The summed E-state index contributed by atoms with van der Waals surface area (Å²) in [6.07, 6.45) is 0. The maximum absolute atomic E-state index is 8.70. The lowest BCUT2D eigenvalue weighted by molar-refractivity contribution is 1.01. The van der Waals surface area contributed by atoms with Gasteiger partial charge in [-0.05, 0) is 0 Å². The maximum atomic E-state index is 8.70. The van der Waals surface area contributed by atoms with Crippen LogP contribution in [0.25, 0.3) is 0 Å². The zero-order chi connectivity index (χ0) is 12.1. The Hall–Kier alpha value is -2.80. The second kappa shape index (κ2) is 4.62. The highest BCUT2D eigenvalue weighted by Gasteiger charge is 2.21. The molecule has 1 aliphatic rings. The van der Waals surface area contributed by atoms with Crippen molar-refractivity contribution in [3.8, 4) is 24.3 Å². The third kappa shape index (κ3) is 1.83. The highest BCUT2D eigenvalue weighted by molar-refractivity contribution is 6.70. The third-order valence-corrected chi connectivity index (χ3v) is 1.87. The minimum Gasteiger partial charge on any atom is -0.340 e. The molecule has 0 aliphatic carbocycles. The molecule has 0 saturated heterocycles. The largest absolute Gasteiger partial charge is 0.340 e. The number of halogens is 1. The summed E-state index contributed by atoms with van der Waals surface area (Å²) in [4.78, 5) is 3.61. The molecule has 1 aliphatic heterocycles. The molecule has 7 heteroatoms. The Morgan fingerprint density at radius 2 is 1.75 bits per heavy atom. The van der Waals surface area contributed by atoms with Gasteiger partial charge < -0.3 is 5.32 Å². The van der Waals surface area contributed by atoms with Crippen LogP contribution >= 0.6 is 11.6 Å². The average Bonchev–Trinajstić information content (AvgIpc) is 2.32. The van der Waals surface area contributed by atoms with Gasteiger partial charge in [-0.2, -0.15) is 21.0 Å². The number of nitrogens with one attached hydrogen (secondary N) is 1. The molecule has 0 aromatic rings. The topological polar surface area (TPSA) is 120 Å². The summed E-state index contributed by atoms with van der Waals surface area (Å²) in [5.74, 6) is 0. The Bertz CT molecular complexity index is 580. The van der Waals surface area contributed by atoms with Crippen molar-refractivity contribution >= 4 is 16.8 Å². The zero-order valence-corrected chi connectivity index (χ0v) is 8.37. The van der Waals surface area contributed by atoms with E-state index in [2.05, 4.69) is 10.3 Å². The van der Waals surface area contributed by atoms with E-state index in [9.17, 15) is 0 Å². The van der Waals surface area contributed by atoms with Gasteiger partial charge in [0.2, 0.25) is 0 Å². The molecule has 6 nitrogen and oxygen atoms in total. The number of hydrogen-bond donors (Lipinski definition) is 1. The van der Waals surface area contributed by atoms with E-state index in [1.807, 2.05) is 0 Å². The van der Waals surface area contributed by atoms with Gasteiger partial charge in [0, 0.05) is 0 Å². The van der Waals surface area contributed by atoms with Crippen LogP contribution in [0.5, 0.6) is 0 Å². The molecule has 0 aromatic heterocycles. The van der Waals surface area contributed by atoms with Gasteiger partial charge in [-0.3, -0.25) is 0 Å². The minimum absolute atomic E-state index is 0.0674. The van der Waals surface area contributed by atoms with E-state index < -0.39 is 0 Å². The fraction of sp³-hybridized carbons (Fsp3) is 0. The Morgan fingerprint density at radius 1 is 1.12 bits per heavy atom. The van der Waals surface area contributed by atoms with E-state index in [1.54, 1.807) is 24.3 Å². The van der Waals surface area contributed by atoms with Crippen molar-refractivity contribution < 1.29 is 0 Å². The van der Waals surface area contributed by atoms with Crippen LogP contribution in [0.2, 0.25) is 0 Å². The smallest absolute Gasteiger partial charge is 0.176 e. The monoisotopic (exact) mass is 228 g/mol.